The number of carbonyl (C=O) groups is 1. The highest BCUT2D eigenvalue weighted by molar-refractivity contribution is 14.1. The fourth-order valence-electron chi connectivity index (χ4n) is 4.35. The summed E-state index contributed by atoms with van der Waals surface area (Å²) in [5, 5.41) is 1.81. The van der Waals surface area contributed by atoms with Crippen molar-refractivity contribution in [1.29, 1.82) is 0 Å². The molecule has 0 aliphatic carbocycles. The zero-order chi connectivity index (χ0) is 28.6. The van der Waals surface area contributed by atoms with Gasteiger partial charge in [-0.2, -0.15) is 0 Å². The summed E-state index contributed by atoms with van der Waals surface area (Å²) >= 11 is 8.18. The molecule has 0 saturated carbocycles. The number of rotatable bonds is 8. The van der Waals surface area contributed by atoms with Crippen LogP contribution in [0.3, 0.4) is 0 Å². The molecule has 0 radical (unpaired) electrons. The van der Waals surface area contributed by atoms with Gasteiger partial charge in [0.2, 0.25) is 5.78 Å². The van der Waals surface area contributed by atoms with Crippen molar-refractivity contribution in [2.45, 2.75) is 4.90 Å². The number of benzene rings is 3. The summed E-state index contributed by atoms with van der Waals surface area (Å²) < 4.78 is 41.0. The van der Waals surface area contributed by atoms with Crippen LogP contribution in [-0.2, 0) is 10.0 Å². The van der Waals surface area contributed by atoms with Gasteiger partial charge in [-0.15, -0.1) is 0 Å². The molecular weight excluding hydrogens is 677 g/mol. The summed E-state index contributed by atoms with van der Waals surface area (Å²) in [6, 6.07) is 21.8. The first-order chi connectivity index (χ1) is 19.8. The summed E-state index contributed by atoms with van der Waals surface area (Å²) in [6.07, 6.45) is 6.05. The molecule has 3 aromatic carbocycles. The first kappa shape index (κ1) is 27.2. The Hall–Kier alpha value is -4.00. The molecule has 0 spiro atoms. The molecule has 0 aliphatic heterocycles. The van der Waals surface area contributed by atoms with Crippen LogP contribution in [-0.4, -0.2) is 34.7 Å². The molecule has 0 saturated heterocycles. The average molecular weight is 696 g/mol. The van der Waals surface area contributed by atoms with E-state index in [1.165, 1.54) is 18.3 Å². The number of ketones is 1. The van der Waals surface area contributed by atoms with Gasteiger partial charge in [0, 0.05) is 47.1 Å². The molecule has 0 atom stereocenters. The van der Waals surface area contributed by atoms with Crippen LogP contribution >= 0.6 is 34.2 Å². The number of ether oxygens (including phenoxy) is 2. The summed E-state index contributed by atoms with van der Waals surface area (Å²) in [5.74, 6) is 0.968. The maximum absolute atomic E-state index is 13.7. The second-order valence-electron chi connectivity index (χ2n) is 8.97. The van der Waals surface area contributed by atoms with Gasteiger partial charge in [0.05, 0.1) is 30.7 Å². The van der Waals surface area contributed by atoms with Crippen molar-refractivity contribution in [2.75, 3.05) is 6.61 Å². The van der Waals surface area contributed by atoms with Crippen LogP contribution in [0.15, 0.2) is 109 Å². The number of nitrogens with zero attached hydrogens (tertiary/aromatic N) is 3. The standard InChI is InChI=1S/C30H19ClIN3O5S/c31-20-11-19-12-26(32)30(14-27(19)34-15-20)39-18-29(36)25-17-35(41(37,38)23-6-2-1-3-7-23)28-13-21(8-9-24(25)28)40-22-5-4-10-33-16-22/h1-17H,18H2. The summed E-state index contributed by atoms with van der Waals surface area (Å²) in [5.41, 5.74) is 1.16. The fraction of sp³-hybridized carbons (Fsp3) is 0.0333. The van der Waals surface area contributed by atoms with E-state index in [2.05, 4.69) is 32.6 Å². The molecule has 6 rings (SSSR count). The summed E-state index contributed by atoms with van der Waals surface area (Å²) in [7, 11) is -4.03. The van der Waals surface area contributed by atoms with Crippen molar-refractivity contribution in [2.24, 2.45) is 0 Å². The Morgan fingerprint density at radius 1 is 0.951 bits per heavy atom. The third-order valence-electron chi connectivity index (χ3n) is 6.27. The van der Waals surface area contributed by atoms with E-state index < -0.39 is 15.8 Å². The predicted octanol–water partition coefficient (Wildman–Crippen LogP) is 7.13. The zero-order valence-electron chi connectivity index (χ0n) is 21.1. The van der Waals surface area contributed by atoms with Crippen LogP contribution in [0.4, 0.5) is 0 Å². The monoisotopic (exact) mass is 695 g/mol. The van der Waals surface area contributed by atoms with E-state index in [0.717, 1.165) is 12.9 Å². The van der Waals surface area contributed by atoms with Crippen LogP contribution in [0.25, 0.3) is 21.8 Å². The minimum Gasteiger partial charge on any atom is -0.484 e. The lowest BCUT2D eigenvalue weighted by atomic mass is 10.1. The van der Waals surface area contributed by atoms with E-state index in [9.17, 15) is 13.2 Å². The molecular formula is C30H19ClIN3O5S. The molecule has 0 fully saturated rings. The van der Waals surface area contributed by atoms with Gasteiger partial charge in [-0.25, -0.2) is 12.4 Å². The first-order valence-corrected chi connectivity index (χ1v) is 15.1. The highest BCUT2D eigenvalue weighted by Crippen LogP contribution is 2.32. The van der Waals surface area contributed by atoms with Gasteiger partial charge in [0.25, 0.3) is 10.0 Å². The number of fused-ring (bicyclic) bond motifs is 2. The van der Waals surface area contributed by atoms with Gasteiger partial charge in [0.1, 0.15) is 17.2 Å². The minimum atomic E-state index is -4.03. The van der Waals surface area contributed by atoms with E-state index in [1.807, 2.05) is 6.07 Å². The Kier molecular flexibility index (Phi) is 7.37. The van der Waals surface area contributed by atoms with Crippen molar-refractivity contribution in [3.63, 3.8) is 0 Å². The lowest BCUT2D eigenvalue weighted by Gasteiger charge is -2.09. The molecule has 3 heterocycles. The molecule has 0 amide bonds. The Labute approximate surface area is 253 Å². The molecule has 0 N–H and O–H groups in total. The second-order valence-corrected chi connectivity index (χ2v) is 12.4. The number of aromatic nitrogens is 3. The van der Waals surface area contributed by atoms with E-state index in [-0.39, 0.29) is 17.1 Å². The maximum Gasteiger partial charge on any atom is 0.268 e. The van der Waals surface area contributed by atoms with E-state index in [1.54, 1.807) is 79.3 Å². The van der Waals surface area contributed by atoms with Gasteiger partial charge >= 0.3 is 0 Å². The number of hydrogen-bond donors (Lipinski definition) is 0. The third-order valence-corrected chi connectivity index (χ3v) is 9.01. The quantitative estimate of drug-likeness (QED) is 0.123. The van der Waals surface area contributed by atoms with Crippen molar-refractivity contribution >= 4 is 71.8 Å². The second kappa shape index (κ2) is 11.1. The van der Waals surface area contributed by atoms with Gasteiger partial charge in [-0.1, -0.05) is 29.8 Å². The Balaban J connectivity index is 1.38. The van der Waals surface area contributed by atoms with Crippen molar-refractivity contribution in [3.05, 3.63) is 118 Å². The molecule has 0 bridgehead atoms. The van der Waals surface area contributed by atoms with E-state index >= 15 is 0 Å². The van der Waals surface area contributed by atoms with Crippen molar-refractivity contribution in [3.8, 4) is 17.2 Å². The number of Topliss-reactive ketones (excluding diaryl/α,β-unsaturated/α-hetero) is 1. The Bertz CT molecular complexity index is 2030. The first-order valence-electron chi connectivity index (χ1n) is 12.2. The van der Waals surface area contributed by atoms with E-state index in [0.29, 0.717) is 38.7 Å². The van der Waals surface area contributed by atoms with Crippen molar-refractivity contribution in [1.82, 2.24) is 13.9 Å². The molecule has 41 heavy (non-hydrogen) atoms. The summed E-state index contributed by atoms with van der Waals surface area (Å²) in [4.78, 5) is 21.9. The van der Waals surface area contributed by atoms with Crippen molar-refractivity contribution < 1.29 is 22.7 Å². The fourth-order valence-corrected chi connectivity index (χ4v) is 6.54. The van der Waals surface area contributed by atoms with Crippen LogP contribution in [0.2, 0.25) is 5.02 Å². The average Bonchev–Trinajstić information content (AvgIpc) is 3.37. The molecule has 204 valence electrons. The smallest absolute Gasteiger partial charge is 0.268 e. The zero-order valence-corrected chi connectivity index (χ0v) is 24.8. The predicted molar refractivity (Wildman–Crippen MR) is 165 cm³/mol. The molecule has 0 aliphatic rings. The topological polar surface area (TPSA) is 100 Å². The molecule has 0 unspecified atom stereocenters. The van der Waals surface area contributed by atoms with Crippen LogP contribution in [0.5, 0.6) is 17.2 Å². The SMILES string of the molecule is O=C(COc1cc2ncc(Cl)cc2cc1I)c1cn(S(=O)(=O)c2ccccc2)c2cc(Oc3cccnc3)ccc12. The van der Waals surface area contributed by atoms with Gasteiger partial charge in [-0.3, -0.25) is 14.8 Å². The third kappa shape index (κ3) is 5.50. The van der Waals surface area contributed by atoms with Crippen LogP contribution < -0.4 is 9.47 Å². The van der Waals surface area contributed by atoms with Crippen LogP contribution in [0, 0.1) is 3.57 Å². The normalized spacial score (nSPS) is 11.6. The molecule has 8 nitrogen and oxygen atoms in total. The summed E-state index contributed by atoms with van der Waals surface area (Å²) in [6.45, 7) is -0.312. The largest absolute Gasteiger partial charge is 0.484 e. The number of halogens is 2. The van der Waals surface area contributed by atoms with Gasteiger partial charge < -0.3 is 9.47 Å². The van der Waals surface area contributed by atoms with Crippen LogP contribution in [0.1, 0.15) is 10.4 Å². The lowest BCUT2D eigenvalue weighted by molar-refractivity contribution is 0.0922. The number of hydrogen-bond acceptors (Lipinski definition) is 7. The van der Waals surface area contributed by atoms with Gasteiger partial charge in [-0.05, 0) is 71.1 Å². The highest BCUT2D eigenvalue weighted by atomic mass is 127. The Morgan fingerprint density at radius 3 is 2.56 bits per heavy atom. The number of pyridine rings is 2. The molecule has 6 aromatic rings. The Morgan fingerprint density at radius 2 is 1.78 bits per heavy atom. The minimum absolute atomic E-state index is 0.0871. The maximum atomic E-state index is 13.7. The lowest BCUT2D eigenvalue weighted by Crippen LogP contribution is -2.13. The van der Waals surface area contributed by atoms with Gasteiger partial charge in [0.15, 0.2) is 6.61 Å². The molecule has 3 aromatic heterocycles. The molecule has 11 heteroatoms. The number of carbonyl (C=O) groups excluding carboxylic acids is 1. The van der Waals surface area contributed by atoms with E-state index in [4.69, 9.17) is 21.1 Å². The highest BCUT2D eigenvalue weighted by Gasteiger charge is 2.25.